The van der Waals surface area contributed by atoms with Gasteiger partial charge < -0.3 is 14.9 Å². The Morgan fingerprint density at radius 1 is 0.957 bits per heavy atom. The van der Waals surface area contributed by atoms with Gasteiger partial charge in [0.2, 0.25) is 5.69 Å². The van der Waals surface area contributed by atoms with Crippen molar-refractivity contribution in [2.75, 3.05) is 7.11 Å². The number of nitrogens with zero attached hydrogens (tertiary/aromatic N) is 1. The van der Waals surface area contributed by atoms with Gasteiger partial charge in [-0.15, -0.1) is 0 Å². The third kappa shape index (κ3) is 2.83. The molecule has 1 heterocycles. The maximum Gasteiger partial charge on any atom is 0.254 e. The first-order chi connectivity index (χ1) is 11.1. The molecule has 23 heavy (non-hydrogen) atoms. The van der Waals surface area contributed by atoms with E-state index in [9.17, 15) is 10.2 Å². The number of ether oxygens (including phenoxy) is 1. The highest BCUT2D eigenvalue weighted by molar-refractivity contribution is 5.82. The highest BCUT2D eigenvalue weighted by Gasteiger charge is 2.13. The van der Waals surface area contributed by atoms with Gasteiger partial charge in [-0.2, -0.15) is 4.57 Å². The van der Waals surface area contributed by atoms with E-state index in [1.54, 1.807) is 18.2 Å². The number of pyridine rings is 1. The van der Waals surface area contributed by atoms with Crippen LogP contribution >= 0.6 is 0 Å². The molecule has 0 saturated heterocycles. The van der Waals surface area contributed by atoms with Crippen molar-refractivity contribution in [3.05, 3.63) is 59.8 Å². The summed E-state index contributed by atoms with van der Waals surface area (Å²) >= 11 is 0. The molecule has 0 aliphatic rings. The van der Waals surface area contributed by atoms with E-state index in [0.717, 1.165) is 22.2 Å². The predicted octanol–water partition coefficient (Wildman–Crippen LogP) is 3.25. The smallest absolute Gasteiger partial charge is 0.254 e. The lowest BCUT2D eigenvalue weighted by Crippen LogP contribution is -2.32. The lowest BCUT2D eigenvalue weighted by atomic mass is 10.1. The first kappa shape index (κ1) is 14.9. The van der Waals surface area contributed by atoms with Crippen LogP contribution in [-0.2, 0) is 7.05 Å². The van der Waals surface area contributed by atoms with Crippen LogP contribution in [0.15, 0.2) is 48.5 Å². The Hall–Kier alpha value is -3.01. The van der Waals surface area contributed by atoms with Gasteiger partial charge in [0.25, 0.3) is 5.52 Å². The molecule has 0 spiro atoms. The Bertz CT molecular complexity index is 901. The average molecular weight is 308 g/mol. The minimum atomic E-state index is 0.117. The molecule has 0 unspecified atom stereocenters. The summed E-state index contributed by atoms with van der Waals surface area (Å²) in [5.41, 5.74) is 2.65. The van der Waals surface area contributed by atoms with Gasteiger partial charge in [0.15, 0.2) is 17.2 Å². The summed E-state index contributed by atoms with van der Waals surface area (Å²) in [6.45, 7) is 0. The number of para-hydroxylation sites is 1. The normalized spacial score (nSPS) is 11.2. The SMILES string of the molecule is COc1cc(/C=C/c2ccc3cccc(O)c3[n+]2C)ccc1O. The standard InChI is InChI=1S/C19H17NO3/c1-20-15(10-8-14-4-3-5-17(22)19(14)20)9-6-13-7-11-16(21)18(12-13)23-2/h3-12,22H,1-2H3/p+1. The number of aromatic nitrogens is 1. The monoisotopic (exact) mass is 308 g/mol. The van der Waals surface area contributed by atoms with E-state index >= 15 is 0 Å². The zero-order valence-corrected chi connectivity index (χ0v) is 13.0. The molecule has 2 aromatic carbocycles. The maximum absolute atomic E-state index is 10.1. The molecule has 0 fully saturated rings. The molecule has 116 valence electrons. The Balaban J connectivity index is 2.01. The van der Waals surface area contributed by atoms with Crippen LogP contribution in [0.1, 0.15) is 11.3 Å². The summed E-state index contributed by atoms with van der Waals surface area (Å²) < 4.78 is 7.06. The van der Waals surface area contributed by atoms with E-state index in [-0.39, 0.29) is 11.5 Å². The van der Waals surface area contributed by atoms with Crippen molar-refractivity contribution in [1.82, 2.24) is 0 Å². The molecule has 0 saturated carbocycles. The quantitative estimate of drug-likeness (QED) is 0.730. The van der Waals surface area contributed by atoms with Gasteiger partial charge >= 0.3 is 0 Å². The third-order valence-corrected chi connectivity index (χ3v) is 3.85. The summed E-state index contributed by atoms with van der Waals surface area (Å²) in [6, 6.07) is 14.6. The van der Waals surface area contributed by atoms with Crippen molar-refractivity contribution in [2.45, 2.75) is 0 Å². The van der Waals surface area contributed by atoms with Gasteiger partial charge in [0.1, 0.15) is 7.05 Å². The lowest BCUT2D eigenvalue weighted by molar-refractivity contribution is -0.646. The highest BCUT2D eigenvalue weighted by atomic mass is 16.5. The van der Waals surface area contributed by atoms with Gasteiger partial charge in [-0.3, -0.25) is 0 Å². The van der Waals surface area contributed by atoms with Crippen molar-refractivity contribution in [1.29, 1.82) is 0 Å². The fourth-order valence-electron chi connectivity index (χ4n) is 2.61. The predicted molar refractivity (Wildman–Crippen MR) is 90.4 cm³/mol. The molecule has 4 nitrogen and oxygen atoms in total. The fourth-order valence-corrected chi connectivity index (χ4v) is 2.61. The first-order valence-corrected chi connectivity index (χ1v) is 7.26. The van der Waals surface area contributed by atoms with E-state index in [2.05, 4.69) is 0 Å². The number of benzene rings is 2. The molecule has 0 aliphatic heterocycles. The number of rotatable bonds is 3. The highest BCUT2D eigenvalue weighted by Crippen LogP contribution is 2.27. The van der Waals surface area contributed by atoms with Gasteiger partial charge in [0.05, 0.1) is 12.5 Å². The molecule has 0 radical (unpaired) electrons. The number of hydrogen-bond donors (Lipinski definition) is 2. The van der Waals surface area contributed by atoms with E-state index in [0.29, 0.717) is 5.75 Å². The number of fused-ring (bicyclic) bond motifs is 1. The Kier molecular flexibility index (Phi) is 3.89. The second-order valence-corrected chi connectivity index (χ2v) is 5.30. The summed E-state index contributed by atoms with van der Waals surface area (Å²) in [5.74, 6) is 0.810. The molecule has 0 atom stereocenters. The van der Waals surface area contributed by atoms with Crippen LogP contribution in [0, 0.1) is 0 Å². The van der Waals surface area contributed by atoms with E-state index in [1.807, 2.05) is 54.1 Å². The Morgan fingerprint density at radius 3 is 2.57 bits per heavy atom. The van der Waals surface area contributed by atoms with Crippen LogP contribution in [0.3, 0.4) is 0 Å². The van der Waals surface area contributed by atoms with E-state index < -0.39 is 0 Å². The van der Waals surface area contributed by atoms with Crippen molar-refractivity contribution in [3.8, 4) is 17.2 Å². The molecule has 4 heteroatoms. The van der Waals surface area contributed by atoms with Gasteiger partial charge in [-0.25, -0.2) is 0 Å². The fraction of sp³-hybridized carbons (Fsp3) is 0.105. The summed E-state index contributed by atoms with van der Waals surface area (Å²) in [6.07, 6.45) is 3.89. The lowest BCUT2D eigenvalue weighted by Gasteiger charge is -2.04. The molecule has 0 bridgehead atoms. The van der Waals surface area contributed by atoms with Crippen LogP contribution < -0.4 is 9.30 Å². The topological polar surface area (TPSA) is 53.6 Å². The van der Waals surface area contributed by atoms with Gasteiger partial charge in [-0.1, -0.05) is 12.1 Å². The number of aryl methyl sites for hydroxylation is 1. The molecule has 2 N–H and O–H groups in total. The second kappa shape index (κ2) is 6.01. The number of phenols is 2. The van der Waals surface area contributed by atoms with E-state index in [4.69, 9.17) is 4.74 Å². The Labute approximate surface area is 134 Å². The largest absolute Gasteiger partial charge is 0.504 e. The third-order valence-electron chi connectivity index (χ3n) is 3.85. The van der Waals surface area contributed by atoms with Crippen LogP contribution in [0.4, 0.5) is 0 Å². The van der Waals surface area contributed by atoms with E-state index in [1.165, 1.54) is 7.11 Å². The Morgan fingerprint density at radius 2 is 1.78 bits per heavy atom. The zero-order chi connectivity index (χ0) is 16.4. The first-order valence-electron chi connectivity index (χ1n) is 7.26. The molecular formula is C19H18NO3+. The minimum absolute atomic E-state index is 0.117. The molecule has 1 aromatic heterocycles. The maximum atomic E-state index is 10.1. The molecule has 0 amide bonds. The number of hydrogen-bond acceptors (Lipinski definition) is 3. The van der Waals surface area contributed by atoms with Crippen molar-refractivity contribution in [2.24, 2.45) is 7.05 Å². The van der Waals surface area contributed by atoms with Crippen LogP contribution in [0.2, 0.25) is 0 Å². The summed E-state index contributed by atoms with van der Waals surface area (Å²) in [7, 11) is 3.44. The van der Waals surface area contributed by atoms with Crippen molar-refractivity contribution < 1.29 is 19.5 Å². The molecule has 3 aromatic rings. The number of phenolic OH excluding ortho intramolecular Hbond substituents is 2. The van der Waals surface area contributed by atoms with Crippen LogP contribution in [0.25, 0.3) is 23.1 Å². The summed E-state index contributed by atoms with van der Waals surface area (Å²) in [5, 5.41) is 20.7. The molecule has 0 aliphatic carbocycles. The van der Waals surface area contributed by atoms with Gasteiger partial charge in [0, 0.05) is 12.1 Å². The number of aromatic hydroxyl groups is 2. The van der Waals surface area contributed by atoms with Gasteiger partial charge in [-0.05, 0) is 42.0 Å². The second-order valence-electron chi connectivity index (χ2n) is 5.30. The van der Waals surface area contributed by atoms with Crippen molar-refractivity contribution in [3.63, 3.8) is 0 Å². The number of methoxy groups -OCH3 is 1. The zero-order valence-electron chi connectivity index (χ0n) is 13.0. The molecular weight excluding hydrogens is 290 g/mol. The average Bonchev–Trinajstić information content (AvgIpc) is 2.55. The van der Waals surface area contributed by atoms with Crippen molar-refractivity contribution >= 4 is 23.1 Å². The minimum Gasteiger partial charge on any atom is -0.504 e. The summed E-state index contributed by atoms with van der Waals surface area (Å²) in [4.78, 5) is 0. The van der Waals surface area contributed by atoms with Crippen LogP contribution in [0.5, 0.6) is 17.2 Å². The van der Waals surface area contributed by atoms with Crippen LogP contribution in [-0.4, -0.2) is 17.3 Å². The molecule has 3 rings (SSSR count).